The summed E-state index contributed by atoms with van der Waals surface area (Å²) in [7, 11) is 1.55. The van der Waals surface area contributed by atoms with E-state index in [1.807, 2.05) is 0 Å². The number of aliphatic carboxylic acids is 1. The van der Waals surface area contributed by atoms with E-state index in [2.05, 4.69) is 0 Å². The van der Waals surface area contributed by atoms with Gasteiger partial charge >= 0.3 is 5.97 Å². The fraction of sp³-hybridized carbons (Fsp3) is 0.471. The third-order valence-electron chi connectivity index (χ3n) is 4.38. The Bertz CT molecular complexity index is 652. The van der Waals surface area contributed by atoms with E-state index >= 15 is 0 Å². The van der Waals surface area contributed by atoms with Crippen molar-refractivity contribution in [2.75, 3.05) is 26.7 Å². The Kier molecular flexibility index (Phi) is 6.67. The van der Waals surface area contributed by atoms with Crippen LogP contribution in [-0.2, 0) is 20.8 Å². The van der Waals surface area contributed by atoms with Gasteiger partial charge in [0.25, 0.3) is 0 Å². The van der Waals surface area contributed by atoms with Crippen LogP contribution in [0.5, 0.6) is 0 Å². The maximum atomic E-state index is 12.3. The van der Waals surface area contributed by atoms with Gasteiger partial charge in [-0.2, -0.15) is 0 Å². The summed E-state index contributed by atoms with van der Waals surface area (Å²) in [6.45, 7) is 0.737. The number of carboxylic acid groups (broad SMARTS) is 1. The molecule has 25 heavy (non-hydrogen) atoms. The van der Waals surface area contributed by atoms with Crippen molar-refractivity contribution in [3.05, 3.63) is 33.8 Å². The molecule has 1 aliphatic rings. The number of benzene rings is 1. The highest BCUT2D eigenvalue weighted by molar-refractivity contribution is 6.36. The number of hydrogen-bond acceptors (Lipinski definition) is 3. The first-order valence-electron chi connectivity index (χ1n) is 7.97. The van der Waals surface area contributed by atoms with Crippen LogP contribution in [0.4, 0.5) is 0 Å². The number of hydrogen-bond donors (Lipinski definition) is 1. The van der Waals surface area contributed by atoms with Crippen LogP contribution in [-0.4, -0.2) is 59.4 Å². The monoisotopic (exact) mass is 386 g/mol. The third-order valence-corrected chi connectivity index (χ3v) is 5.09. The second-order valence-corrected chi connectivity index (χ2v) is 6.93. The summed E-state index contributed by atoms with van der Waals surface area (Å²) in [6, 6.07) is 5.02. The van der Waals surface area contributed by atoms with Gasteiger partial charge in [0.15, 0.2) is 0 Å². The molecule has 0 radical (unpaired) electrons. The molecule has 0 unspecified atom stereocenters. The van der Waals surface area contributed by atoms with Crippen molar-refractivity contribution in [3.63, 3.8) is 0 Å². The zero-order chi connectivity index (χ0) is 18.6. The molecule has 1 N–H and O–H groups in total. The number of rotatable bonds is 5. The van der Waals surface area contributed by atoms with E-state index in [0.717, 1.165) is 0 Å². The van der Waals surface area contributed by atoms with E-state index in [-0.39, 0.29) is 24.8 Å². The summed E-state index contributed by atoms with van der Waals surface area (Å²) in [5.41, 5.74) is 0.539. The molecule has 0 saturated carbocycles. The third kappa shape index (κ3) is 5.09. The average Bonchev–Trinajstić information content (AvgIpc) is 2.58. The topological polar surface area (TPSA) is 77.9 Å². The molecule has 2 amide bonds. The van der Waals surface area contributed by atoms with Crippen LogP contribution in [0.3, 0.4) is 0 Å². The molecule has 6 nitrogen and oxygen atoms in total. The van der Waals surface area contributed by atoms with Gasteiger partial charge in [0.05, 0.1) is 18.9 Å². The Morgan fingerprint density at radius 2 is 1.76 bits per heavy atom. The van der Waals surface area contributed by atoms with Gasteiger partial charge in [-0.3, -0.25) is 14.4 Å². The Labute approximate surface area is 156 Å². The van der Waals surface area contributed by atoms with Crippen molar-refractivity contribution < 1.29 is 19.5 Å². The molecule has 0 aromatic heterocycles. The number of likely N-dealkylation sites (N-methyl/N-ethyl adjacent to an activating group) is 1. The molecule has 8 heteroatoms. The van der Waals surface area contributed by atoms with Crippen molar-refractivity contribution >= 4 is 41.0 Å². The van der Waals surface area contributed by atoms with Crippen LogP contribution in [0.2, 0.25) is 10.0 Å². The van der Waals surface area contributed by atoms with Crippen LogP contribution in [0, 0.1) is 5.92 Å². The zero-order valence-corrected chi connectivity index (χ0v) is 15.4. The predicted molar refractivity (Wildman–Crippen MR) is 94.7 cm³/mol. The lowest BCUT2D eigenvalue weighted by Crippen LogP contribution is -2.45. The summed E-state index contributed by atoms with van der Waals surface area (Å²) in [4.78, 5) is 38.5. The van der Waals surface area contributed by atoms with Gasteiger partial charge < -0.3 is 14.9 Å². The first-order chi connectivity index (χ1) is 11.8. The number of carboxylic acids is 1. The van der Waals surface area contributed by atoms with Crippen LogP contribution in [0.15, 0.2) is 18.2 Å². The van der Waals surface area contributed by atoms with Crippen molar-refractivity contribution in [2.45, 2.75) is 19.3 Å². The predicted octanol–water partition coefficient (Wildman–Crippen LogP) is 2.32. The second kappa shape index (κ2) is 8.54. The summed E-state index contributed by atoms with van der Waals surface area (Å²) < 4.78 is 0. The van der Waals surface area contributed by atoms with E-state index < -0.39 is 11.9 Å². The lowest BCUT2D eigenvalue weighted by atomic mass is 9.97. The summed E-state index contributed by atoms with van der Waals surface area (Å²) >= 11 is 12.1. The molecular weight excluding hydrogens is 367 g/mol. The molecule has 0 atom stereocenters. The number of nitrogens with zero attached hydrogens (tertiary/aromatic N) is 2. The van der Waals surface area contributed by atoms with Gasteiger partial charge in [-0.25, -0.2) is 0 Å². The van der Waals surface area contributed by atoms with E-state index in [1.165, 1.54) is 4.90 Å². The lowest BCUT2D eigenvalue weighted by molar-refractivity contribution is -0.146. The Balaban J connectivity index is 1.89. The van der Waals surface area contributed by atoms with Gasteiger partial charge in [-0.15, -0.1) is 0 Å². The number of likely N-dealkylation sites (tertiary alicyclic amines) is 1. The number of carbonyl (C=O) groups excluding carboxylic acids is 2. The van der Waals surface area contributed by atoms with Crippen LogP contribution < -0.4 is 0 Å². The molecule has 1 aromatic rings. The minimum Gasteiger partial charge on any atom is -0.481 e. The molecule has 0 bridgehead atoms. The van der Waals surface area contributed by atoms with Gasteiger partial charge in [0.2, 0.25) is 11.8 Å². The fourth-order valence-corrected chi connectivity index (χ4v) is 3.29. The van der Waals surface area contributed by atoms with Crippen LogP contribution >= 0.6 is 23.2 Å². The van der Waals surface area contributed by atoms with Gasteiger partial charge in [0, 0.05) is 30.2 Å². The number of halogens is 2. The molecule has 1 saturated heterocycles. The maximum absolute atomic E-state index is 12.3. The number of piperidine rings is 1. The normalized spacial score (nSPS) is 15.1. The molecule has 1 heterocycles. The molecule has 0 aliphatic carbocycles. The quantitative estimate of drug-likeness (QED) is 0.841. The Hall–Kier alpha value is -1.79. The smallest absolute Gasteiger partial charge is 0.306 e. The molecule has 0 spiro atoms. The van der Waals surface area contributed by atoms with Crippen molar-refractivity contribution in [3.8, 4) is 0 Å². The van der Waals surface area contributed by atoms with Crippen molar-refractivity contribution in [1.82, 2.24) is 9.80 Å². The van der Waals surface area contributed by atoms with Crippen molar-refractivity contribution in [1.29, 1.82) is 0 Å². The first-order valence-corrected chi connectivity index (χ1v) is 8.72. The number of amides is 2. The zero-order valence-electron chi connectivity index (χ0n) is 13.9. The standard InChI is InChI=1S/C17H20Cl2N2O4/c1-20(15(22)9-12-13(18)3-2-4-14(12)19)10-16(23)21-7-5-11(6-8-21)17(24)25/h2-4,11H,5-10H2,1H3,(H,24,25). The largest absolute Gasteiger partial charge is 0.481 e. The molecular formula is C17H20Cl2N2O4. The van der Waals surface area contributed by atoms with E-state index in [9.17, 15) is 14.4 Å². The second-order valence-electron chi connectivity index (χ2n) is 6.12. The molecule has 2 rings (SSSR count). The van der Waals surface area contributed by atoms with Crippen LogP contribution in [0.25, 0.3) is 0 Å². The molecule has 1 aromatic carbocycles. The lowest BCUT2D eigenvalue weighted by Gasteiger charge is -2.31. The van der Waals surface area contributed by atoms with Gasteiger partial charge in [-0.1, -0.05) is 29.3 Å². The SMILES string of the molecule is CN(CC(=O)N1CCC(C(=O)O)CC1)C(=O)Cc1c(Cl)cccc1Cl. The first kappa shape index (κ1) is 19.5. The highest BCUT2D eigenvalue weighted by Crippen LogP contribution is 2.25. The maximum Gasteiger partial charge on any atom is 0.306 e. The highest BCUT2D eigenvalue weighted by atomic mass is 35.5. The average molecular weight is 387 g/mol. The Morgan fingerprint density at radius 3 is 2.28 bits per heavy atom. The van der Waals surface area contributed by atoms with E-state index in [4.69, 9.17) is 28.3 Å². The van der Waals surface area contributed by atoms with Crippen LogP contribution in [0.1, 0.15) is 18.4 Å². The van der Waals surface area contributed by atoms with Gasteiger partial charge in [-0.05, 0) is 30.5 Å². The van der Waals surface area contributed by atoms with Gasteiger partial charge in [0.1, 0.15) is 0 Å². The Morgan fingerprint density at radius 1 is 1.20 bits per heavy atom. The molecule has 1 aliphatic heterocycles. The fourth-order valence-electron chi connectivity index (χ4n) is 2.75. The highest BCUT2D eigenvalue weighted by Gasteiger charge is 2.28. The van der Waals surface area contributed by atoms with E-state index in [0.29, 0.717) is 41.5 Å². The van der Waals surface area contributed by atoms with Crippen molar-refractivity contribution in [2.24, 2.45) is 5.92 Å². The minimum atomic E-state index is -0.823. The van der Waals surface area contributed by atoms with E-state index in [1.54, 1.807) is 30.1 Å². The summed E-state index contributed by atoms with van der Waals surface area (Å²) in [6.07, 6.45) is 0.894. The summed E-state index contributed by atoms with van der Waals surface area (Å²) in [5.74, 6) is -1.67. The summed E-state index contributed by atoms with van der Waals surface area (Å²) in [5, 5.41) is 9.81. The molecule has 136 valence electrons. The number of carbonyl (C=O) groups is 3. The molecule has 1 fully saturated rings. The minimum absolute atomic E-state index is 0.0172.